The average molecular weight is 404 g/mol. The Morgan fingerprint density at radius 2 is 1.90 bits per heavy atom. The highest BCUT2D eigenvalue weighted by molar-refractivity contribution is 9.13. The molecule has 20 heavy (non-hydrogen) atoms. The highest BCUT2D eigenvalue weighted by atomic mass is 79.9. The van der Waals surface area contributed by atoms with Gasteiger partial charge in [0.2, 0.25) is 0 Å². The largest absolute Gasteiger partial charge is 0.480 e. The van der Waals surface area contributed by atoms with Crippen LogP contribution < -0.4 is 0 Å². The van der Waals surface area contributed by atoms with E-state index in [9.17, 15) is 9.59 Å². The highest BCUT2D eigenvalue weighted by Gasteiger charge is 2.24. The van der Waals surface area contributed by atoms with E-state index in [-0.39, 0.29) is 5.91 Å². The third-order valence-corrected chi connectivity index (χ3v) is 5.06. The molecule has 2 rings (SSSR count). The number of carboxylic acids is 1. The summed E-state index contributed by atoms with van der Waals surface area (Å²) in [7, 11) is 1.48. The summed E-state index contributed by atoms with van der Waals surface area (Å²) >= 11 is 6.79. The van der Waals surface area contributed by atoms with E-state index < -0.39 is 12.0 Å². The minimum Gasteiger partial charge on any atom is -0.480 e. The first-order chi connectivity index (χ1) is 9.32. The second-order valence-corrected chi connectivity index (χ2v) is 6.15. The fraction of sp³-hybridized carbons (Fsp3) is 0.231. The number of aromatic nitrogens is 1. The summed E-state index contributed by atoms with van der Waals surface area (Å²) in [5.74, 6) is -1.37. The maximum Gasteiger partial charge on any atom is 0.326 e. The van der Waals surface area contributed by atoms with Gasteiger partial charge in [0, 0.05) is 33.1 Å². The molecule has 5 nitrogen and oxygen atoms in total. The number of rotatable bonds is 3. The number of nitrogens with zero attached hydrogens (tertiary/aromatic N) is 1. The number of carboxylic acid groups (broad SMARTS) is 1. The van der Waals surface area contributed by atoms with Crippen LogP contribution >= 0.6 is 31.9 Å². The Balaban J connectivity index is 2.45. The van der Waals surface area contributed by atoms with Gasteiger partial charge >= 0.3 is 5.97 Å². The van der Waals surface area contributed by atoms with E-state index in [1.807, 2.05) is 12.1 Å². The van der Waals surface area contributed by atoms with Crippen molar-refractivity contribution in [3.05, 3.63) is 32.8 Å². The van der Waals surface area contributed by atoms with Crippen LogP contribution in [0.25, 0.3) is 10.9 Å². The molecule has 2 N–H and O–H groups in total. The van der Waals surface area contributed by atoms with Crippen molar-refractivity contribution in [2.24, 2.45) is 0 Å². The number of aromatic amines is 1. The lowest BCUT2D eigenvalue weighted by Crippen LogP contribution is -2.40. The van der Waals surface area contributed by atoms with Crippen molar-refractivity contribution in [3.8, 4) is 0 Å². The van der Waals surface area contributed by atoms with Crippen molar-refractivity contribution in [2.75, 3.05) is 7.05 Å². The molecule has 2 aromatic rings. The van der Waals surface area contributed by atoms with E-state index in [2.05, 4.69) is 36.8 Å². The fourth-order valence-corrected chi connectivity index (χ4v) is 2.51. The first-order valence-electron chi connectivity index (χ1n) is 5.79. The number of hydrogen-bond acceptors (Lipinski definition) is 2. The lowest BCUT2D eigenvalue weighted by molar-refractivity contribution is -0.141. The molecule has 0 radical (unpaired) electrons. The summed E-state index contributed by atoms with van der Waals surface area (Å²) in [5, 5.41) is 9.72. The Morgan fingerprint density at radius 3 is 2.50 bits per heavy atom. The smallest absolute Gasteiger partial charge is 0.326 e. The minimum atomic E-state index is -1.04. The minimum absolute atomic E-state index is 0.333. The van der Waals surface area contributed by atoms with Crippen molar-refractivity contribution in [1.29, 1.82) is 0 Å². The molecule has 0 saturated heterocycles. The molecule has 1 heterocycles. The fourth-order valence-electron chi connectivity index (χ4n) is 1.83. The van der Waals surface area contributed by atoms with Gasteiger partial charge < -0.3 is 15.0 Å². The Kier molecular flexibility index (Phi) is 4.19. The van der Waals surface area contributed by atoms with Crippen LogP contribution in [0.4, 0.5) is 0 Å². The van der Waals surface area contributed by atoms with Crippen molar-refractivity contribution in [3.63, 3.8) is 0 Å². The summed E-state index contributed by atoms with van der Waals surface area (Å²) in [5.41, 5.74) is 1.25. The number of H-pyrrole nitrogens is 1. The van der Waals surface area contributed by atoms with E-state index in [1.165, 1.54) is 18.9 Å². The van der Waals surface area contributed by atoms with E-state index in [4.69, 9.17) is 5.11 Å². The third kappa shape index (κ3) is 2.60. The van der Waals surface area contributed by atoms with Gasteiger partial charge in [0.25, 0.3) is 5.91 Å². The molecule has 0 aliphatic rings. The third-order valence-electron chi connectivity index (χ3n) is 3.21. The molecule has 106 valence electrons. The summed E-state index contributed by atoms with van der Waals surface area (Å²) < 4.78 is 1.70. The van der Waals surface area contributed by atoms with Gasteiger partial charge in [-0.3, -0.25) is 4.79 Å². The average Bonchev–Trinajstić information content (AvgIpc) is 2.79. The van der Waals surface area contributed by atoms with Crippen molar-refractivity contribution in [1.82, 2.24) is 9.88 Å². The van der Waals surface area contributed by atoms with Gasteiger partial charge in [-0.1, -0.05) is 0 Å². The van der Waals surface area contributed by atoms with Crippen LogP contribution in [0.5, 0.6) is 0 Å². The van der Waals surface area contributed by atoms with E-state index in [0.717, 1.165) is 19.8 Å². The molecule has 0 spiro atoms. The number of nitrogens with one attached hydrogen (secondary N) is 1. The van der Waals surface area contributed by atoms with Crippen LogP contribution in [-0.4, -0.2) is 40.0 Å². The lowest BCUT2D eigenvalue weighted by Gasteiger charge is -2.21. The van der Waals surface area contributed by atoms with Gasteiger partial charge in [-0.05, 0) is 50.9 Å². The number of carbonyl (C=O) groups excluding carboxylic acids is 1. The van der Waals surface area contributed by atoms with Gasteiger partial charge in [0.05, 0.1) is 5.56 Å². The molecule has 0 aliphatic heterocycles. The number of halogens is 2. The zero-order valence-electron chi connectivity index (χ0n) is 10.8. The number of likely N-dealkylation sites (N-methyl/N-ethyl adjacent to an activating group) is 1. The quantitative estimate of drug-likeness (QED) is 0.826. The number of amides is 1. The molecular formula is C13H12Br2N2O3. The van der Waals surface area contributed by atoms with Crippen molar-refractivity contribution < 1.29 is 14.7 Å². The monoisotopic (exact) mass is 402 g/mol. The number of carbonyl (C=O) groups is 2. The Hall–Kier alpha value is -1.34. The standard InChI is InChI=1S/C13H12Br2N2O3/c1-6(13(19)20)17(2)12(18)8-5-16-11-4-10(15)9(14)3-7(8)11/h3-6,16H,1-2H3,(H,19,20). The van der Waals surface area contributed by atoms with E-state index in [0.29, 0.717) is 5.56 Å². The summed E-state index contributed by atoms with van der Waals surface area (Å²) in [6, 6.07) is 2.80. The van der Waals surface area contributed by atoms with Gasteiger partial charge in [-0.25, -0.2) is 4.79 Å². The topological polar surface area (TPSA) is 73.4 Å². The Bertz CT molecular complexity index is 696. The van der Waals surface area contributed by atoms with Gasteiger partial charge in [0.15, 0.2) is 0 Å². The van der Waals surface area contributed by atoms with Gasteiger partial charge in [0.1, 0.15) is 6.04 Å². The maximum atomic E-state index is 12.4. The van der Waals surface area contributed by atoms with Gasteiger partial charge in [-0.15, -0.1) is 0 Å². The first-order valence-corrected chi connectivity index (χ1v) is 7.37. The molecule has 0 fully saturated rings. The molecular weight excluding hydrogens is 392 g/mol. The van der Waals surface area contributed by atoms with E-state index in [1.54, 1.807) is 6.20 Å². The molecule has 7 heteroatoms. The summed E-state index contributed by atoms with van der Waals surface area (Å²) in [6.07, 6.45) is 1.59. The zero-order valence-corrected chi connectivity index (χ0v) is 13.9. The van der Waals surface area contributed by atoms with Crippen LogP contribution in [0.2, 0.25) is 0 Å². The second kappa shape index (κ2) is 5.57. The van der Waals surface area contributed by atoms with Crippen LogP contribution in [0.15, 0.2) is 27.3 Å². The zero-order chi connectivity index (χ0) is 15.0. The summed E-state index contributed by atoms with van der Waals surface area (Å²) in [6.45, 7) is 1.47. The normalized spacial score (nSPS) is 12.4. The molecule has 0 aliphatic carbocycles. The van der Waals surface area contributed by atoms with E-state index >= 15 is 0 Å². The molecule has 1 aromatic heterocycles. The molecule has 0 saturated carbocycles. The Morgan fingerprint density at radius 1 is 1.30 bits per heavy atom. The number of aliphatic carboxylic acids is 1. The molecule has 1 atom stereocenters. The number of fused-ring (bicyclic) bond motifs is 1. The first kappa shape index (κ1) is 15.1. The molecule has 1 aromatic carbocycles. The lowest BCUT2D eigenvalue weighted by atomic mass is 10.1. The molecule has 1 unspecified atom stereocenters. The molecule has 1 amide bonds. The Labute approximate surface area is 132 Å². The van der Waals surface area contributed by atoms with Crippen LogP contribution in [0.1, 0.15) is 17.3 Å². The summed E-state index contributed by atoms with van der Waals surface area (Å²) in [4.78, 5) is 27.6. The van der Waals surface area contributed by atoms with Gasteiger partial charge in [-0.2, -0.15) is 0 Å². The SMILES string of the molecule is CC(C(=O)O)N(C)C(=O)c1c[nH]c2cc(Br)c(Br)cc12. The van der Waals surface area contributed by atoms with Crippen molar-refractivity contribution in [2.45, 2.75) is 13.0 Å². The maximum absolute atomic E-state index is 12.4. The predicted octanol–water partition coefficient (Wildman–Crippen LogP) is 3.24. The van der Waals surface area contributed by atoms with Crippen LogP contribution in [0, 0.1) is 0 Å². The number of hydrogen-bond donors (Lipinski definition) is 2. The van der Waals surface area contributed by atoms with Crippen LogP contribution in [0.3, 0.4) is 0 Å². The second-order valence-electron chi connectivity index (χ2n) is 4.44. The molecule has 0 bridgehead atoms. The number of benzene rings is 1. The van der Waals surface area contributed by atoms with Crippen LogP contribution in [-0.2, 0) is 4.79 Å². The highest BCUT2D eigenvalue weighted by Crippen LogP contribution is 2.30. The predicted molar refractivity (Wildman–Crippen MR) is 82.9 cm³/mol. The van der Waals surface area contributed by atoms with Crippen molar-refractivity contribution >= 4 is 54.6 Å².